The molecule has 0 bridgehead atoms. The highest BCUT2D eigenvalue weighted by Crippen LogP contribution is 2.39. The summed E-state index contributed by atoms with van der Waals surface area (Å²) in [6.45, 7) is 0.172. The third-order valence-electron chi connectivity index (χ3n) is 6.46. The van der Waals surface area contributed by atoms with Crippen LogP contribution in [0.3, 0.4) is 0 Å². The monoisotopic (exact) mass is 513 g/mol. The summed E-state index contributed by atoms with van der Waals surface area (Å²) in [4.78, 5) is 25.4. The maximum absolute atomic E-state index is 13.3. The fraction of sp³-hybridized carbons (Fsp3) is 0.286. The Balaban J connectivity index is 1.55. The highest BCUT2D eigenvalue weighted by molar-refractivity contribution is 5.90. The van der Waals surface area contributed by atoms with Crippen LogP contribution >= 0.6 is 0 Å². The van der Waals surface area contributed by atoms with E-state index in [4.69, 9.17) is 9.47 Å². The maximum Gasteiger partial charge on any atom is 0.416 e. The Morgan fingerprint density at radius 1 is 1.08 bits per heavy atom. The molecule has 0 aliphatic carbocycles. The van der Waals surface area contributed by atoms with Gasteiger partial charge in [0, 0.05) is 18.6 Å². The Morgan fingerprint density at radius 3 is 2.43 bits per heavy atom. The minimum atomic E-state index is -4.59. The number of hydrogen-bond donors (Lipinski definition) is 2. The van der Waals surface area contributed by atoms with Crippen LogP contribution in [0.5, 0.6) is 5.75 Å². The predicted octanol–water partition coefficient (Wildman–Crippen LogP) is 5.20. The fourth-order valence-corrected chi connectivity index (χ4v) is 4.54. The Bertz CT molecular complexity index is 1270. The summed E-state index contributed by atoms with van der Waals surface area (Å²) in [6, 6.07) is 17.8. The summed E-state index contributed by atoms with van der Waals surface area (Å²) in [5, 5.41) is 12.3. The molecular formula is C28H26F3NO5. The molecule has 0 aromatic heterocycles. The number of benzene rings is 3. The number of carbonyl (C=O) groups excluding carboxylic acids is 1. The van der Waals surface area contributed by atoms with Crippen molar-refractivity contribution >= 4 is 11.9 Å². The van der Waals surface area contributed by atoms with Gasteiger partial charge in [-0.2, -0.15) is 13.2 Å². The van der Waals surface area contributed by atoms with Crippen molar-refractivity contribution in [3.05, 3.63) is 89.5 Å². The topological polar surface area (TPSA) is 84.9 Å². The van der Waals surface area contributed by atoms with Gasteiger partial charge in [-0.25, -0.2) is 4.79 Å². The minimum absolute atomic E-state index is 0.0219. The van der Waals surface area contributed by atoms with Crippen LogP contribution in [-0.2, 0) is 32.5 Å². The van der Waals surface area contributed by atoms with E-state index in [1.807, 2.05) is 36.4 Å². The van der Waals surface area contributed by atoms with E-state index in [0.29, 0.717) is 17.7 Å². The number of carbonyl (C=O) groups is 2. The first-order chi connectivity index (χ1) is 17.6. The molecule has 0 radical (unpaired) electrons. The normalized spacial score (nSPS) is 18.3. The molecule has 2 N–H and O–H groups in total. The molecule has 9 heteroatoms. The molecule has 1 amide bonds. The van der Waals surface area contributed by atoms with Crippen molar-refractivity contribution in [3.8, 4) is 16.9 Å². The zero-order valence-electron chi connectivity index (χ0n) is 20.0. The molecule has 0 saturated carbocycles. The third kappa shape index (κ3) is 5.61. The number of nitrogens with one attached hydrogen (secondary N) is 1. The van der Waals surface area contributed by atoms with Crippen LogP contribution < -0.4 is 10.1 Å². The fourth-order valence-electron chi connectivity index (χ4n) is 4.54. The van der Waals surface area contributed by atoms with E-state index >= 15 is 0 Å². The summed E-state index contributed by atoms with van der Waals surface area (Å²) in [6.07, 6.45) is -4.02. The zero-order valence-corrected chi connectivity index (χ0v) is 20.0. The van der Waals surface area contributed by atoms with E-state index < -0.39 is 35.3 Å². The SMILES string of the molecule is COc1ccccc1-c1ccc(C[C@H](NC(=O)[C@@]2(c3cccc(C(F)(F)F)c3)CCCO2)C(=O)O)cc1. The van der Waals surface area contributed by atoms with Gasteiger partial charge >= 0.3 is 12.1 Å². The van der Waals surface area contributed by atoms with Gasteiger partial charge in [0.25, 0.3) is 5.91 Å². The number of halogens is 3. The number of methoxy groups -OCH3 is 1. The lowest BCUT2D eigenvalue weighted by molar-refractivity contribution is -0.149. The van der Waals surface area contributed by atoms with Crippen molar-refractivity contribution in [1.29, 1.82) is 0 Å². The van der Waals surface area contributed by atoms with Crippen LogP contribution in [0.4, 0.5) is 13.2 Å². The van der Waals surface area contributed by atoms with E-state index in [2.05, 4.69) is 5.32 Å². The molecule has 37 heavy (non-hydrogen) atoms. The molecule has 0 unspecified atom stereocenters. The molecule has 1 aliphatic heterocycles. The third-order valence-corrected chi connectivity index (χ3v) is 6.46. The Labute approximate surface area is 212 Å². The van der Waals surface area contributed by atoms with Gasteiger partial charge < -0.3 is 19.9 Å². The van der Waals surface area contributed by atoms with Gasteiger partial charge in [-0.1, -0.05) is 54.6 Å². The molecule has 2 atom stereocenters. The molecule has 194 valence electrons. The molecule has 4 rings (SSSR count). The largest absolute Gasteiger partial charge is 0.496 e. The molecule has 3 aromatic rings. The predicted molar refractivity (Wildman–Crippen MR) is 130 cm³/mol. The van der Waals surface area contributed by atoms with Crippen LogP contribution in [0.25, 0.3) is 11.1 Å². The van der Waals surface area contributed by atoms with Crippen LogP contribution in [0.1, 0.15) is 29.5 Å². The van der Waals surface area contributed by atoms with Gasteiger partial charge in [0.15, 0.2) is 5.60 Å². The van der Waals surface area contributed by atoms with Crippen molar-refractivity contribution in [2.45, 2.75) is 37.1 Å². The minimum Gasteiger partial charge on any atom is -0.496 e. The first kappa shape index (κ1) is 26.2. The quantitative estimate of drug-likeness (QED) is 0.433. The second-order valence-corrected chi connectivity index (χ2v) is 8.82. The number of alkyl halides is 3. The summed E-state index contributed by atoms with van der Waals surface area (Å²) < 4.78 is 51.0. The van der Waals surface area contributed by atoms with Gasteiger partial charge in [-0.15, -0.1) is 0 Å². The number of ether oxygens (including phenoxy) is 2. The van der Waals surface area contributed by atoms with Crippen molar-refractivity contribution in [2.75, 3.05) is 13.7 Å². The van der Waals surface area contributed by atoms with Crippen LogP contribution in [0.2, 0.25) is 0 Å². The molecule has 1 aliphatic rings. The van der Waals surface area contributed by atoms with Crippen molar-refractivity contribution < 1.29 is 37.3 Å². The lowest BCUT2D eigenvalue weighted by Gasteiger charge is -2.30. The number of amides is 1. The number of carboxylic acids is 1. The first-order valence-electron chi connectivity index (χ1n) is 11.7. The van der Waals surface area contributed by atoms with E-state index in [1.165, 1.54) is 12.1 Å². The van der Waals surface area contributed by atoms with Crippen LogP contribution in [-0.4, -0.2) is 36.7 Å². The summed E-state index contributed by atoms with van der Waals surface area (Å²) >= 11 is 0. The summed E-state index contributed by atoms with van der Waals surface area (Å²) in [5.74, 6) is -1.34. The highest BCUT2D eigenvalue weighted by Gasteiger charge is 2.46. The Hall–Kier alpha value is -3.85. The Morgan fingerprint density at radius 2 is 1.81 bits per heavy atom. The molecule has 6 nitrogen and oxygen atoms in total. The van der Waals surface area contributed by atoms with E-state index in [-0.39, 0.29) is 25.0 Å². The zero-order chi connectivity index (χ0) is 26.6. The second-order valence-electron chi connectivity index (χ2n) is 8.82. The second kappa shape index (κ2) is 10.6. The number of carboxylic acid groups (broad SMARTS) is 1. The van der Waals surface area contributed by atoms with Crippen LogP contribution in [0.15, 0.2) is 72.8 Å². The smallest absolute Gasteiger partial charge is 0.416 e. The van der Waals surface area contributed by atoms with Gasteiger partial charge in [0.05, 0.1) is 12.7 Å². The molecule has 1 fully saturated rings. The maximum atomic E-state index is 13.3. The first-order valence-corrected chi connectivity index (χ1v) is 11.7. The van der Waals surface area contributed by atoms with Gasteiger partial charge in [-0.05, 0) is 47.7 Å². The number of rotatable bonds is 8. The lowest BCUT2D eigenvalue weighted by Crippen LogP contribution is -2.51. The van der Waals surface area contributed by atoms with Gasteiger partial charge in [0.2, 0.25) is 0 Å². The van der Waals surface area contributed by atoms with Gasteiger partial charge in [-0.3, -0.25) is 4.79 Å². The van der Waals surface area contributed by atoms with Crippen molar-refractivity contribution in [2.24, 2.45) is 0 Å². The molecule has 1 saturated heterocycles. The average Bonchev–Trinajstić information content (AvgIpc) is 3.40. The van der Waals surface area contributed by atoms with Crippen LogP contribution in [0, 0.1) is 0 Å². The summed E-state index contributed by atoms with van der Waals surface area (Å²) in [7, 11) is 1.58. The van der Waals surface area contributed by atoms with E-state index in [0.717, 1.165) is 23.3 Å². The molecule has 3 aromatic carbocycles. The van der Waals surface area contributed by atoms with E-state index in [9.17, 15) is 27.9 Å². The number of hydrogen-bond acceptors (Lipinski definition) is 4. The highest BCUT2D eigenvalue weighted by atomic mass is 19.4. The molecule has 0 spiro atoms. The summed E-state index contributed by atoms with van der Waals surface area (Å²) in [5.41, 5.74) is -0.143. The van der Waals surface area contributed by atoms with Crippen molar-refractivity contribution in [3.63, 3.8) is 0 Å². The average molecular weight is 514 g/mol. The Kier molecular flexibility index (Phi) is 7.54. The number of para-hydroxylation sites is 1. The number of aliphatic carboxylic acids is 1. The van der Waals surface area contributed by atoms with Gasteiger partial charge in [0.1, 0.15) is 11.8 Å². The lowest BCUT2D eigenvalue weighted by atomic mass is 9.88. The molecule has 1 heterocycles. The molecular weight excluding hydrogens is 487 g/mol. The van der Waals surface area contributed by atoms with E-state index in [1.54, 1.807) is 19.2 Å². The standard InChI is InChI=1S/C28H26F3NO5/c1-36-24-9-3-2-8-22(24)19-12-10-18(11-13-19)16-23(25(33)34)32-26(35)27(14-5-15-37-27)20-6-4-7-21(17-20)28(29,30)31/h2-4,6-13,17,23H,5,14-16H2,1H3,(H,32,35)(H,33,34)/t23-,27-/m0/s1. The van der Waals surface area contributed by atoms with Crippen molar-refractivity contribution in [1.82, 2.24) is 5.32 Å².